The van der Waals surface area contributed by atoms with Crippen LogP contribution in [0.2, 0.25) is 5.02 Å². The number of benzene rings is 2. The summed E-state index contributed by atoms with van der Waals surface area (Å²) in [6.07, 6.45) is -0.0239. The Bertz CT molecular complexity index is 1150. The van der Waals surface area contributed by atoms with Crippen molar-refractivity contribution in [2.45, 2.75) is 37.5 Å². The summed E-state index contributed by atoms with van der Waals surface area (Å²) in [5, 5.41) is 3.06. The van der Waals surface area contributed by atoms with Crippen molar-refractivity contribution >= 4 is 44.3 Å². The molecule has 3 rings (SSSR count). The Kier molecular flexibility index (Phi) is 5.97. The number of aromatic nitrogens is 1. The molecule has 1 amide bonds. The molecule has 0 saturated carbocycles. The Labute approximate surface area is 174 Å². The molecule has 0 bridgehead atoms. The second-order valence-corrected chi connectivity index (χ2v) is 9.81. The van der Waals surface area contributed by atoms with Crippen LogP contribution in [0.5, 0.6) is 0 Å². The molecule has 0 spiro atoms. The Morgan fingerprint density at radius 1 is 1.17 bits per heavy atom. The topological polar surface area (TPSA) is 101 Å². The number of halogens is 1. The van der Waals surface area contributed by atoms with Crippen molar-refractivity contribution in [1.82, 2.24) is 9.71 Å². The third-order valence-corrected chi connectivity index (χ3v) is 5.76. The van der Waals surface area contributed by atoms with Gasteiger partial charge in [0.05, 0.1) is 4.90 Å². The number of carbonyl (C=O) groups is 1. The SMILES string of the molecule is CC(C)(C)c1nc2cc(NC(=O)CCNS(=O)(=O)c3cccc(Cl)c3)ccc2o1. The molecule has 0 aliphatic rings. The second-order valence-electron chi connectivity index (χ2n) is 7.60. The van der Waals surface area contributed by atoms with Gasteiger partial charge in [-0.1, -0.05) is 38.4 Å². The second kappa shape index (κ2) is 8.14. The van der Waals surface area contributed by atoms with Gasteiger partial charge in [0, 0.05) is 29.1 Å². The molecule has 3 aromatic rings. The van der Waals surface area contributed by atoms with Gasteiger partial charge in [0.25, 0.3) is 0 Å². The molecule has 1 aromatic heterocycles. The smallest absolute Gasteiger partial charge is 0.240 e. The van der Waals surface area contributed by atoms with Crippen molar-refractivity contribution in [2.24, 2.45) is 0 Å². The fourth-order valence-corrected chi connectivity index (χ4v) is 3.90. The third kappa shape index (κ3) is 5.35. The molecule has 7 nitrogen and oxygen atoms in total. The van der Waals surface area contributed by atoms with E-state index in [1.165, 1.54) is 12.1 Å². The Hall–Kier alpha value is -2.42. The molecular weight excluding hydrogens is 414 g/mol. The maximum absolute atomic E-state index is 12.2. The van der Waals surface area contributed by atoms with Crippen molar-refractivity contribution in [3.05, 3.63) is 53.4 Å². The van der Waals surface area contributed by atoms with Gasteiger partial charge in [0.15, 0.2) is 5.58 Å². The van der Waals surface area contributed by atoms with Gasteiger partial charge in [-0.15, -0.1) is 0 Å². The molecule has 1 heterocycles. The molecule has 154 valence electrons. The van der Waals surface area contributed by atoms with E-state index in [2.05, 4.69) is 15.0 Å². The first kappa shape index (κ1) is 21.3. The molecule has 29 heavy (non-hydrogen) atoms. The summed E-state index contributed by atoms with van der Waals surface area (Å²) in [6, 6.07) is 11.1. The van der Waals surface area contributed by atoms with Crippen molar-refractivity contribution in [2.75, 3.05) is 11.9 Å². The van der Waals surface area contributed by atoms with Crippen LogP contribution < -0.4 is 10.0 Å². The number of oxazole rings is 1. The summed E-state index contributed by atoms with van der Waals surface area (Å²) in [4.78, 5) is 16.7. The van der Waals surface area contributed by atoms with Gasteiger partial charge < -0.3 is 9.73 Å². The van der Waals surface area contributed by atoms with Crippen molar-refractivity contribution < 1.29 is 17.6 Å². The highest BCUT2D eigenvalue weighted by Gasteiger charge is 2.21. The molecule has 2 aromatic carbocycles. The molecule has 9 heteroatoms. The van der Waals surface area contributed by atoms with Crippen molar-refractivity contribution in [3.8, 4) is 0 Å². The molecule has 0 radical (unpaired) electrons. The number of hydrogen-bond acceptors (Lipinski definition) is 5. The lowest BCUT2D eigenvalue weighted by Gasteiger charge is -2.11. The molecular formula is C20H22ClN3O4S. The largest absolute Gasteiger partial charge is 0.440 e. The number of anilines is 1. The number of amides is 1. The molecule has 0 atom stereocenters. The van der Waals surface area contributed by atoms with E-state index in [9.17, 15) is 13.2 Å². The minimum atomic E-state index is -3.73. The van der Waals surface area contributed by atoms with Crippen LogP contribution in [0.1, 0.15) is 33.1 Å². The highest BCUT2D eigenvalue weighted by atomic mass is 35.5. The molecule has 2 N–H and O–H groups in total. The molecule has 0 aliphatic heterocycles. The van der Waals surface area contributed by atoms with Crippen molar-refractivity contribution in [3.63, 3.8) is 0 Å². The van der Waals surface area contributed by atoms with Crippen LogP contribution in [0.25, 0.3) is 11.1 Å². The number of nitrogens with zero attached hydrogens (tertiary/aromatic N) is 1. The summed E-state index contributed by atoms with van der Waals surface area (Å²) in [7, 11) is -3.73. The van der Waals surface area contributed by atoms with Gasteiger partial charge in [-0.2, -0.15) is 0 Å². The maximum atomic E-state index is 12.2. The van der Waals surface area contributed by atoms with Gasteiger partial charge in [0.2, 0.25) is 21.8 Å². The Morgan fingerprint density at radius 2 is 1.93 bits per heavy atom. The van der Waals surface area contributed by atoms with Crippen LogP contribution in [0.4, 0.5) is 5.69 Å². The predicted octanol–water partition coefficient (Wildman–Crippen LogP) is 4.09. The van der Waals surface area contributed by atoms with Crippen LogP contribution >= 0.6 is 11.6 Å². The maximum Gasteiger partial charge on any atom is 0.240 e. The lowest BCUT2D eigenvalue weighted by atomic mass is 9.97. The summed E-state index contributed by atoms with van der Waals surface area (Å²) in [5.74, 6) is 0.295. The normalized spacial score (nSPS) is 12.3. The van der Waals surface area contributed by atoms with Crippen LogP contribution in [0.3, 0.4) is 0 Å². The molecule has 0 aliphatic carbocycles. The highest BCUT2D eigenvalue weighted by Crippen LogP contribution is 2.27. The first-order valence-electron chi connectivity index (χ1n) is 9.01. The minimum absolute atomic E-state index is 0.0239. The standard InChI is InChI=1S/C20H22ClN3O4S/c1-20(2,3)19-24-16-12-14(7-8-17(16)28-19)23-18(25)9-10-22-29(26,27)15-6-4-5-13(21)11-15/h4-8,11-12,22H,9-10H2,1-3H3,(H,23,25). The van der Waals surface area contributed by atoms with E-state index in [1.54, 1.807) is 30.3 Å². The van der Waals surface area contributed by atoms with E-state index in [-0.39, 0.29) is 29.2 Å². The first-order valence-corrected chi connectivity index (χ1v) is 10.9. The number of fused-ring (bicyclic) bond motifs is 1. The van der Waals surface area contributed by atoms with Gasteiger partial charge in [-0.05, 0) is 36.4 Å². The average molecular weight is 436 g/mol. The minimum Gasteiger partial charge on any atom is -0.440 e. The number of nitrogens with one attached hydrogen (secondary N) is 2. The molecule has 0 fully saturated rings. The number of carbonyl (C=O) groups excluding carboxylic acids is 1. The van der Waals surface area contributed by atoms with Crippen molar-refractivity contribution in [1.29, 1.82) is 0 Å². The third-order valence-electron chi connectivity index (χ3n) is 4.06. The number of sulfonamides is 1. The van der Waals surface area contributed by atoms with E-state index in [4.69, 9.17) is 16.0 Å². The fraction of sp³-hybridized carbons (Fsp3) is 0.300. The quantitative estimate of drug-likeness (QED) is 0.607. The molecule has 0 unspecified atom stereocenters. The van der Waals surface area contributed by atoms with Gasteiger partial charge in [-0.3, -0.25) is 4.79 Å². The predicted molar refractivity (Wildman–Crippen MR) is 113 cm³/mol. The van der Waals surface area contributed by atoms with Crippen LogP contribution in [-0.4, -0.2) is 25.9 Å². The summed E-state index contributed by atoms with van der Waals surface area (Å²) in [6.45, 7) is 5.97. The molecule has 0 saturated heterocycles. The van der Waals surface area contributed by atoms with E-state index < -0.39 is 10.0 Å². The summed E-state index contributed by atoms with van der Waals surface area (Å²) in [5.41, 5.74) is 1.63. The lowest BCUT2D eigenvalue weighted by molar-refractivity contribution is -0.116. The van der Waals surface area contributed by atoms with Gasteiger partial charge in [0.1, 0.15) is 5.52 Å². The number of hydrogen-bond donors (Lipinski definition) is 2. The highest BCUT2D eigenvalue weighted by molar-refractivity contribution is 7.89. The van der Waals surface area contributed by atoms with E-state index in [1.807, 2.05) is 20.8 Å². The Balaban J connectivity index is 1.59. The zero-order valence-corrected chi connectivity index (χ0v) is 17.9. The zero-order chi connectivity index (χ0) is 21.2. The van der Waals surface area contributed by atoms with E-state index in [0.29, 0.717) is 27.7 Å². The van der Waals surface area contributed by atoms with Crippen LogP contribution in [0.15, 0.2) is 51.8 Å². The number of rotatable bonds is 6. The zero-order valence-electron chi connectivity index (χ0n) is 16.3. The van der Waals surface area contributed by atoms with Crippen LogP contribution in [-0.2, 0) is 20.2 Å². The summed E-state index contributed by atoms with van der Waals surface area (Å²) >= 11 is 5.83. The van der Waals surface area contributed by atoms with Gasteiger partial charge in [-0.25, -0.2) is 18.1 Å². The van der Waals surface area contributed by atoms with Gasteiger partial charge >= 0.3 is 0 Å². The van der Waals surface area contributed by atoms with E-state index in [0.717, 1.165) is 0 Å². The van der Waals surface area contributed by atoms with Crippen LogP contribution in [0, 0.1) is 0 Å². The monoisotopic (exact) mass is 435 g/mol. The first-order chi connectivity index (χ1) is 13.5. The summed E-state index contributed by atoms with van der Waals surface area (Å²) < 4.78 is 32.6. The van der Waals surface area contributed by atoms with E-state index >= 15 is 0 Å². The fourth-order valence-electron chi connectivity index (χ4n) is 2.57. The lowest BCUT2D eigenvalue weighted by Crippen LogP contribution is -2.27. The Morgan fingerprint density at radius 3 is 2.62 bits per heavy atom. The average Bonchev–Trinajstić information content (AvgIpc) is 3.05.